The van der Waals surface area contributed by atoms with Crippen LogP contribution >= 0.6 is 0 Å². The van der Waals surface area contributed by atoms with E-state index in [0.717, 1.165) is 12.0 Å². The molecular weight excluding hydrogens is 326 g/mol. The topological polar surface area (TPSA) is 95.7 Å². The fourth-order valence-electron chi connectivity index (χ4n) is 2.18. The number of benzene rings is 1. The number of ether oxygens (including phenoxy) is 3. The molecule has 25 heavy (non-hydrogen) atoms. The molecule has 0 saturated heterocycles. The van der Waals surface area contributed by atoms with Crippen molar-refractivity contribution < 1.29 is 23.4 Å². The zero-order valence-electron chi connectivity index (χ0n) is 14.7. The summed E-state index contributed by atoms with van der Waals surface area (Å²) in [5.74, 6) is 1.18. The summed E-state index contributed by atoms with van der Waals surface area (Å²) in [6.45, 7) is 3.69. The summed E-state index contributed by atoms with van der Waals surface area (Å²) in [7, 11) is 3.15. The van der Waals surface area contributed by atoms with Crippen LogP contribution in [-0.4, -0.2) is 50.1 Å². The lowest BCUT2D eigenvalue weighted by atomic mass is 10.1. The summed E-state index contributed by atoms with van der Waals surface area (Å²) >= 11 is 0. The van der Waals surface area contributed by atoms with Gasteiger partial charge in [0.1, 0.15) is 0 Å². The molecule has 8 nitrogen and oxygen atoms in total. The fourth-order valence-corrected chi connectivity index (χ4v) is 2.18. The molecule has 1 N–H and O–H groups in total. The maximum atomic E-state index is 11.9. The number of rotatable bonds is 10. The molecule has 1 aromatic heterocycles. The van der Waals surface area contributed by atoms with Gasteiger partial charge in [0, 0.05) is 19.8 Å². The quantitative estimate of drug-likeness (QED) is 0.654. The summed E-state index contributed by atoms with van der Waals surface area (Å²) in [5.41, 5.74) is 0.907. The fraction of sp³-hybridized carbons (Fsp3) is 0.471. The van der Waals surface area contributed by atoms with Gasteiger partial charge in [-0.05, 0) is 31.0 Å². The van der Waals surface area contributed by atoms with Crippen molar-refractivity contribution in [3.8, 4) is 11.5 Å². The average molecular weight is 349 g/mol. The first-order valence-electron chi connectivity index (χ1n) is 8.07. The molecule has 2 aromatic rings. The molecule has 8 heteroatoms. The predicted octanol–water partition coefficient (Wildman–Crippen LogP) is 1.83. The van der Waals surface area contributed by atoms with E-state index in [1.54, 1.807) is 20.3 Å². The molecule has 0 bridgehead atoms. The van der Waals surface area contributed by atoms with E-state index in [0.29, 0.717) is 43.6 Å². The summed E-state index contributed by atoms with van der Waals surface area (Å²) in [6.07, 6.45) is 1.12. The molecule has 1 aromatic carbocycles. The number of hydrogen-bond donors (Lipinski definition) is 1. The Morgan fingerprint density at radius 3 is 2.72 bits per heavy atom. The highest BCUT2D eigenvalue weighted by molar-refractivity contribution is 5.89. The van der Waals surface area contributed by atoms with Gasteiger partial charge in [0.25, 0.3) is 0 Å². The lowest BCUT2D eigenvalue weighted by molar-refractivity contribution is 0.0908. The van der Waals surface area contributed by atoms with E-state index in [-0.39, 0.29) is 11.8 Å². The normalized spacial score (nSPS) is 10.5. The molecule has 0 aliphatic heterocycles. The maximum Gasteiger partial charge on any atom is 0.308 e. The van der Waals surface area contributed by atoms with Gasteiger partial charge in [0.2, 0.25) is 5.89 Å². The SMILES string of the molecule is CCOCCCNC(=O)c1nnc(Cc2ccc(OC)c(OC)c2)o1. The summed E-state index contributed by atoms with van der Waals surface area (Å²) in [5, 5.41) is 10.4. The predicted molar refractivity (Wildman–Crippen MR) is 90.1 cm³/mol. The Hall–Kier alpha value is -2.61. The van der Waals surface area contributed by atoms with Crippen molar-refractivity contribution >= 4 is 5.91 Å². The number of aromatic nitrogens is 2. The molecule has 1 amide bonds. The average Bonchev–Trinajstić information content (AvgIpc) is 3.09. The first-order valence-corrected chi connectivity index (χ1v) is 8.07. The van der Waals surface area contributed by atoms with Crippen molar-refractivity contribution in [2.24, 2.45) is 0 Å². The number of amides is 1. The van der Waals surface area contributed by atoms with Gasteiger partial charge >= 0.3 is 11.8 Å². The molecule has 0 atom stereocenters. The van der Waals surface area contributed by atoms with E-state index >= 15 is 0 Å². The van der Waals surface area contributed by atoms with Gasteiger partial charge in [-0.25, -0.2) is 0 Å². The van der Waals surface area contributed by atoms with E-state index in [1.807, 2.05) is 19.1 Å². The third kappa shape index (κ3) is 5.46. The summed E-state index contributed by atoms with van der Waals surface area (Å²) in [6, 6.07) is 5.51. The molecule has 0 spiro atoms. The molecular formula is C17H23N3O5. The number of nitrogens with zero attached hydrogens (tertiary/aromatic N) is 2. The minimum atomic E-state index is -0.387. The van der Waals surface area contributed by atoms with E-state index in [4.69, 9.17) is 18.6 Å². The number of carbonyl (C=O) groups is 1. The smallest absolute Gasteiger partial charge is 0.308 e. The van der Waals surface area contributed by atoms with Crippen LogP contribution in [0.5, 0.6) is 11.5 Å². The standard InChI is InChI=1S/C17H23N3O5/c1-4-24-9-5-8-18-16(21)17-20-19-15(25-17)11-12-6-7-13(22-2)14(10-12)23-3/h6-7,10H,4-5,8-9,11H2,1-3H3,(H,18,21). The van der Waals surface area contributed by atoms with Gasteiger partial charge in [0.05, 0.1) is 20.6 Å². The number of methoxy groups -OCH3 is 2. The molecule has 1 heterocycles. The second-order valence-corrected chi connectivity index (χ2v) is 5.17. The first-order chi connectivity index (χ1) is 12.2. The Balaban J connectivity index is 1.91. The highest BCUT2D eigenvalue weighted by atomic mass is 16.5. The molecule has 0 unspecified atom stereocenters. The number of hydrogen-bond acceptors (Lipinski definition) is 7. The Morgan fingerprint density at radius 2 is 2.00 bits per heavy atom. The third-order valence-corrected chi connectivity index (χ3v) is 3.42. The van der Waals surface area contributed by atoms with Crippen LogP contribution in [0, 0.1) is 0 Å². The zero-order valence-corrected chi connectivity index (χ0v) is 14.7. The molecule has 0 radical (unpaired) electrons. The highest BCUT2D eigenvalue weighted by Gasteiger charge is 2.15. The van der Waals surface area contributed by atoms with Crippen LogP contribution in [0.1, 0.15) is 35.5 Å². The van der Waals surface area contributed by atoms with Crippen LogP contribution < -0.4 is 14.8 Å². The van der Waals surface area contributed by atoms with Gasteiger partial charge < -0.3 is 23.9 Å². The molecule has 2 rings (SSSR count). The van der Waals surface area contributed by atoms with Crippen molar-refractivity contribution in [1.82, 2.24) is 15.5 Å². The summed E-state index contributed by atoms with van der Waals surface area (Å²) < 4.78 is 21.1. The van der Waals surface area contributed by atoms with E-state index < -0.39 is 0 Å². The van der Waals surface area contributed by atoms with Crippen molar-refractivity contribution in [1.29, 1.82) is 0 Å². The van der Waals surface area contributed by atoms with Crippen LogP contribution in [0.25, 0.3) is 0 Å². The molecule has 0 fully saturated rings. The van der Waals surface area contributed by atoms with Gasteiger partial charge in [-0.3, -0.25) is 4.79 Å². The monoisotopic (exact) mass is 349 g/mol. The second-order valence-electron chi connectivity index (χ2n) is 5.17. The molecule has 0 saturated carbocycles. The maximum absolute atomic E-state index is 11.9. The molecule has 136 valence electrons. The highest BCUT2D eigenvalue weighted by Crippen LogP contribution is 2.28. The lowest BCUT2D eigenvalue weighted by Gasteiger charge is -2.08. The van der Waals surface area contributed by atoms with Crippen LogP contribution in [0.3, 0.4) is 0 Å². The van der Waals surface area contributed by atoms with E-state index in [9.17, 15) is 4.79 Å². The van der Waals surface area contributed by atoms with Crippen molar-refractivity contribution in [2.45, 2.75) is 19.8 Å². The minimum absolute atomic E-state index is 0.0492. The van der Waals surface area contributed by atoms with Crippen molar-refractivity contribution in [2.75, 3.05) is 34.0 Å². The van der Waals surface area contributed by atoms with Gasteiger partial charge in [-0.15, -0.1) is 10.2 Å². The summed E-state index contributed by atoms with van der Waals surface area (Å²) in [4.78, 5) is 11.9. The van der Waals surface area contributed by atoms with Crippen LogP contribution in [0.4, 0.5) is 0 Å². The number of nitrogens with one attached hydrogen (secondary N) is 1. The van der Waals surface area contributed by atoms with Crippen LogP contribution in [0.2, 0.25) is 0 Å². The van der Waals surface area contributed by atoms with Gasteiger partial charge in [-0.1, -0.05) is 6.07 Å². The first kappa shape index (κ1) is 18.7. The van der Waals surface area contributed by atoms with Crippen LogP contribution in [-0.2, 0) is 11.2 Å². The van der Waals surface area contributed by atoms with E-state index in [2.05, 4.69) is 15.5 Å². The van der Waals surface area contributed by atoms with Crippen molar-refractivity contribution in [3.05, 3.63) is 35.5 Å². The zero-order chi connectivity index (χ0) is 18.1. The lowest BCUT2D eigenvalue weighted by Crippen LogP contribution is -2.25. The Kier molecular flexibility index (Phi) is 7.21. The second kappa shape index (κ2) is 9.63. The largest absolute Gasteiger partial charge is 0.493 e. The van der Waals surface area contributed by atoms with Gasteiger partial charge in [-0.2, -0.15) is 0 Å². The van der Waals surface area contributed by atoms with Crippen LogP contribution in [0.15, 0.2) is 22.6 Å². The molecule has 0 aliphatic rings. The van der Waals surface area contributed by atoms with Gasteiger partial charge in [0.15, 0.2) is 11.5 Å². The Labute approximate surface area is 146 Å². The molecule has 0 aliphatic carbocycles. The van der Waals surface area contributed by atoms with E-state index in [1.165, 1.54) is 0 Å². The third-order valence-electron chi connectivity index (χ3n) is 3.42. The Morgan fingerprint density at radius 1 is 1.20 bits per heavy atom. The number of carbonyl (C=O) groups excluding carboxylic acids is 1. The van der Waals surface area contributed by atoms with Crippen molar-refractivity contribution in [3.63, 3.8) is 0 Å². The minimum Gasteiger partial charge on any atom is -0.493 e. The Bertz CT molecular complexity index is 687.